The van der Waals surface area contributed by atoms with Crippen molar-refractivity contribution in [2.24, 2.45) is 5.73 Å². The molecule has 23 heavy (non-hydrogen) atoms. The summed E-state index contributed by atoms with van der Waals surface area (Å²) < 4.78 is 0. The maximum absolute atomic E-state index is 12.5. The molecule has 1 saturated carbocycles. The second-order valence-corrected chi connectivity index (χ2v) is 6.91. The lowest BCUT2D eigenvalue weighted by molar-refractivity contribution is -0.117. The molecule has 1 aromatic rings. The number of amides is 1. The molecule has 0 bridgehead atoms. The molecule has 0 aromatic carbocycles. The van der Waals surface area contributed by atoms with Gasteiger partial charge in [0, 0.05) is 48.7 Å². The summed E-state index contributed by atoms with van der Waals surface area (Å²) in [5.74, 6) is 0.907. The molecule has 1 aliphatic heterocycles. The Kier molecular flexibility index (Phi) is 6.74. The van der Waals surface area contributed by atoms with Gasteiger partial charge in [-0.05, 0) is 25.0 Å². The van der Waals surface area contributed by atoms with Crippen molar-refractivity contribution >= 4 is 35.8 Å². The van der Waals surface area contributed by atoms with Crippen molar-refractivity contribution in [1.29, 1.82) is 0 Å². The van der Waals surface area contributed by atoms with E-state index in [1.807, 2.05) is 18.3 Å². The number of nitrogens with one attached hydrogen (secondary N) is 1. The van der Waals surface area contributed by atoms with Gasteiger partial charge in [-0.15, -0.1) is 24.2 Å². The number of carbonyl (C=O) groups is 1. The second kappa shape index (κ2) is 8.57. The van der Waals surface area contributed by atoms with Crippen molar-refractivity contribution in [2.75, 3.05) is 17.2 Å². The van der Waals surface area contributed by atoms with Crippen LogP contribution in [0.15, 0.2) is 35.6 Å². The van der Waals surface area contributed by atoms with Gasteiger partial charge in [-0.3, -0.25) is 9.78 Å². The largest absolute Gasteiger partial charge is 0.347 e. The molecule has 3 rings (SSSR count). The zero-order valence-corrected chi connectivity index (χ0v) is 14.6. The highest BCUT2D eigenvalue weighted by Gasteiger charge is 2.26. The van der Waals surface area contributed by atoms with E-state index in [2.05, 4.69) is 15.2 Å². The van der Waals surface area contributed by atoms with Crippen LogP contribution in [0.1, 0.15) is 25.7 Å². The van der Waals surface area contributed by atoms with Crippen molar-refractivity contribution in [3.05, 3.63) is 35.6 Å². The van der Waals surface area contributed by atoms with E-state index in [1.54, 1.807) is 24.2 Å². The van der Waals surface area contributed by atoms with Gasteiger partial charge in [0.15, 0.2) is 0 Å². The molecule has 0 saturated heterocycles. The lowest BCUT2D eigenvalue weighted by atomic mass is 9.91. The smallest absolute Gasteiger partial charge is 0.259 e. The van der Waals surface area contributed by atoms with Crippen molar-refractivity contribution in [2.45, 2.75) is 37.8 Å². The third-order valence-electron chi connectivity index (χ3n) is 4.22. The van der Waals surface area contributed by atoms with Crippen LogP contribution < -0.4 is 16.0 Å². The van der Waals surface area contributed by atoms with Crippen molar-refractivity contribution in [1.82, 2.24) is 10.3 Å². The Hall–Kier alpha value is -1.24. The van der Waals surface area contributed by atoms with E-state index in [4.69, 9.17) is 5.73 Å². The van der Waals surface area contributed by atoms with E-state index in [0.29, 0.717) is 0 Å². The molecule has 2 aliphatic rings. The van der Waals surface area contributed by atoms with Crippen LogP contribution in [0.5, 0.6) is 0 Å². The fraction of sp³-hybridized carbons (Fsp3) is 0.500. The first kappa shape index (κ1) is 18.1. The number of rotatable bonds is 3. The van der Waals surface area contributed by atoms with E-state index < -0.39 is 0 Å². The monoisotopic (exact) mass is 354 g/mol. The highest BCUT2D eigenvalue weighted by atomic mass is 35.5. The Bertz CT molecular complexity index is 554. The van der Waals surface area contributed by atoms with Crippen LogP contribution in [0.25, 0.3) is 0 Å². The molecule has 7 heteroatoms. The van der Waals surface area contributed by atoms with E-state index in [-0.39, 0.29) is 30.4 Å². The molecule has 126 valence electrons. The lowest BCUT2D eigenvalue weighted by Gasteiger charge is -2.31. The number of nitrogens with zero attached hydrogens (tertiary/aromatic N) is 2. The van der Waals surface area contributed by atoms with E-state index in [1.165, 1.54) is 6.42 Å². The lowest BCUT2D eigenvalue weighted by Crippen LogP contribution is -2.49. The number of aromatic nitrogens is 1. The maximum atomic E-state index is 12.5. The van der Waals surface area contributed by atoms with Crippen LogP contribution in [0, 0.1) is 0 Å². The fourth-order valence-electron chi connectivity index (χ4n) is 2.94. The summed E-state index contributed by atoms with van der Waals surface area (Å²) in [5, 5.41) is 3.12. The van der Waals surface area contributed by atoms with E-state index >= 15 is 0 Å². The molecular formula is C16H23ClN4OS. The number of anilines is 1. The Morgan fingerprint density at radius 2 is 2.04 bits per heavy atom. The summed E-state index contributed by atoms with van der Waals surface area (Å²) in [6.07, 6.45) is 9.78. The zero-order valence-electron chi connectivity index (χ0n) is 13.0. The Labute approximate surface area is 147 Å². The third kappa shape index (κ3) is 4.62. The van der Waals surface area contributed by atoms with Gasteiger partial charge in [-0.25, -0.2) is 0 Å². The van der Waals surface area contributed by atoms with Crippen LogP contribution in [-0.2, 0) is 4.79 Å². The number of hydrogen-bond donors (Lipinski definition) is 2. The number of carbonyl (C=O) groups excluding carboxylic acids is 1. The average molecular weight is 355 g/mol. The average Bonchev–Trinajstić information content (AvgIpc) is 2.58. The Morgan fingerprint density at radius 3 is 2.78 bits per heavy atom. The van der Waals surface area contributed by atoms with Crippen molar-refractivity contribution in [3.8, 4) is 0 Å². The van der Waals surface area contributed by atoms with Crippen LogP contribution in [0.3, 0.4) is 0 Å². The van der Waals surface area contributed by atoms with E-state index in [0.717, 1.165) is 42.2 Å². The first-order valence-electron chi connectivity index (χ1n) is 7.82. The molecule has 1 aromatic heterocycles. The molecule has 2 heterocycles. The second-order valence-electron chi connectivity index (χ2n) is 5.77. The van der Waals surface area contributed by atoms with Gasteiger partial charge >= 0.3 is 0 Å². The van der Waals surface area contributed by atoms with Crippen LogP contribution >= 0.6 is 24.2 Å². The van der Waals surface area contributed by atoms with Crippen LogP contribution in [-0.4, -0.2) is 35.3 Å². The highest BCUT2D eigenvalue weighted by Crippen LogP contribution is 2.26. The molecule has 0 spiro atoms. The van der Waals surface area contributed by atoms with Gasteiger partial charge < -0.3 is 16.0 Å². The predicted molar refractivity (Wildman–Crippen MR) is 97.7 cm³/mol. The summed E-state index contributed by atoms with van der Waals surface area (Å²) in [5.41, 5.74) is 7.18. The maximum Gasteiger partial charge on any atom is 0.259 e. The number of pyridine rings is 1. The minimum atomic E-state index is 0. The first-order chi connectivity index (χ1) is 10.7. The summed E-state index contributed by atoms with van der Waals surface area (Å²) in [7, 11) is 0. The van der Waals surface area contributed by atoms with Gasteiger partial charge in [0.25, 0.3) is 5.91 Å². The zero-order chi connectivity index (χ0) is 15.4. The number of hydrogen-bond acceptors (Lipinski definition) is 5. The summed E-state index contributed by atoms with van der Waals surface area (Å²) in [6, 6.07) is 4.11. The normalized spacial score (nSPS) is 24.4. The van der Waals surface area contributed by atoms with Gasteiger partial charge in [-0.2, -0.15) is 0 Å². The van der Waals surface area contributed by atoms with Crippen molar-refractivity contribution < 1.29 is 4.79 Å². The number of nitrogens with two attached hydrogens (primary N) is 1. The predicted octanol–water partition coefficient (Wildman–Crippen LogP) is 2.28. The van der Waals surface area contributed by atoms with Gasteiger partial charge in [0.05, 0.1) is 4.91 Å². The molecule has 1 fully saturated rings. The molecule has 0 radical (unpaired) electrons. The van der Waals surface area contributed by atoms with Gasteiger partial charge in [0.1, 0.15) is 0 Å². The van der Waals surface area contributed by atoms with E-state index in [9.17, 15) is 4.79 Å². The Morgan fingerprint density at radius 1 is 1.30 bits per heavy atom. The molecule has 1 aliphatic carbocycles. The summed E-state index contributed by atoms with van der Waals surface area (Å²) >= 11 is 1.61. The summed E-state index contributed by atoms with van der Waals surface area (Å²) in [4.78, 5) is 19.4. The summed E-state index contributed by atoms with van der Waals surface area (Å²) in [6.45, 7) is 0.897. The van der Waals surface area contributed by atoms with Crippen LogP contribution in [0.2, 0.25) is 0 Å². The van der Waals surface area contributed by atoms with Crippen LogP contribution in [0.4, 0.5) is 5.69 Å². The first-order valence-corrected chi connectivity index (χ1v) is 8.80. The highest BCUT2D eigenvalue weighted by molar-refractivity contribution is 8.04. The molecular weight excluding hydrogens is 332 g/mol. The third-order valence-corrected chi connectivity index (χ3v) is 5.21. The van der Waals surface area contributed by atoms with Gasteiger partial charge in [0.2, 0.25) is 0 Å². The number of halogens is 1. The fourth-order valence-corrected chi connectivity index (χ4v) is 3.84. The van der Waals surface area contributed by atoms with Gasteiger partial charge in [-0.1, -0.05) is 12.8 Å². The molecule has 5 nitrogen and oxygen atoms in total. The molecule has 1 amide bonds. The minimum Gasteiger partial charge on any atom is -0.347 e. The van der Waals surface area contributed by atoms with Crippen molar-refractivity contribution in [3.63, 3.8) is 0 Å². The topological polar surface area (TPSA) is 71.2 Å². The molecule has 2 atom stereocenters. The number of thioether (sulfide) groups is 1. The standard InChI is InChI=1S/C16H22N4OS.ClH/c17-13-3-1-2-4-14(13)19-16(21)15-11-20(9-10-22-15)12-5-7-18-8-6-12;/h5-8,11,13-14H,1-4,9-10,17H2,(H,19,21);1H/t13-,14+;/m0./s1. The minimum absolute atomic E-state index is 0. The molecule has 3 N–H and O–H groups in total. The SMILES string of the molecule is Cl.N[C@H]1CCCC[C@H]1NC(=O)C1=CN(c2ccncc2)CCS1. The molecule has 0 unspecified atom stereocenters. The Balaban J connectivity index is 0.00000192. The quantitative estimate of drug-likeness (QED) is 0.871.